The zero-order chi connectivity index (χ0) is 20.2. The number of hydrogen-bond donors (Lipinski definition) is 2. The lowest BCUT2D eigenvalue weighted by Gasteiger charge is -2.16. The maximum atomic E-state index is 12.3. The van der Waals surface area contributed by atoms with E-state index in [-0.39, 0.29) is 17.7 Å². The standard InChI is InChI=1S/C20H29N3O4/c1-14(2)27-10-6-9-22-13-17(12-21)20(24)23-15(3)16-7-8-18(25-4)19(11-16)26-5/h7-8,11,13-15,22H,6,9-10H2,1-5H3,(H,23,24)/b17-13-. The van der Waals surface area contributed by atoms with Gasteiger partial charge in [-0.15, -0.1) is 0 Å². The highest BCUT2D eigenvalue weighted by Gasteiger charge is 2.15. The lowest BCUT2D eigenvalue weighted by molar-refractivity contribution is -0.117. The van der Waals surface area contributed by atoms with Gasteiger partial charge in [0.2, 0.25) is 0 Å². The molecule has 7 heteroatoms. The van der Waals surface area contributed by atoms with Gasteiger partial charge in [0.1, 0.15) is 11.6 Å². The van der Waals surface area contributed by atoms with E-state index in [1.807, 2.05) is 32.9 Å². The lowest BCUT2D eigenvalue weighted by Crippen LogP contribution is -2.28. The van der Waals surface area contributed by atoms with Gasteiger partial charge in [-0.1, -0.05) is 6.07 Å². The summed E-state index contributed by atoms with van der Waals surface area (Å²) in [4.78, 5) is 12.3. The predicted molar refractivity (Wildman–Crippen MR) is 104 cm³/mol. The van der Waals surface area contributed by atoms with E-state index in [4.69, 9.17) is 14.2 Å². The number of carbonyl (C=O) groups excluding carboxylic acids is 1. The van der Waals surface area contributed by atoms with Crippen LogP contribution >= 0.6 is 0 Å². The first-order chi connectivity index (χ1) is 12.9. The van der Waals surface area contributed by atoms with Gasteiger partial charge in [0, 0.05) is 19.4 Å². The molecule has 0 saturated carbocycles. The normalized spacial score (nSPS) is 12.3. The van der Waals surface area contributed by atoms with Gasteiger partial charge in [0.25, 0.3) is 5.91 Å². The first-order valence-corrected chi connectivity index (χ1v) is 8.91. The number of nitrogens with one attached hydrogen (secondary N) is 2. The van der Waals surface area contributed by atoms with Crippen LogP contribution in [-0.2, 0) is 9.53 Å². The van der Waals surface area contributed by atoms with Crippen molar-refractivity contribution in [3.63, 3.8) is 0 Å². The summed E-state index contributed by atoms with van der Waals surface area (Å²) in [5, 5.41) is 15.0. The van der Waals surface area contributed by atoms with Gasteiger partial charge in [-0.2, -0.15) is 5.26 Å². The van der Waals surface area contributed by atoms with Gasteiger partial charge in [-0.05, 0) is 44.9 Å². The number of ether oxygens (including phenoxy) is 3. The number of rotatable bonds is 11. The minimum absolute atomic E-state index is 0.0205. The molecule has 0 saturated heterocycles. The Morgan fingerprint density at radius 2 is 1.93 bits per heavy atom. The SMILES string of the molecule is COc1ccc(C(C)NC(=O)/C(C#N)=C\NCCCOC(C)C)cc1OC. The Morgan fingerprint density at radius 3 is 2.52 bits per heavy atom. The first-order valence-electron chi connectivity index (χ1n) is 8.91. The molecular formula is C20H29N3O4. The van der Waals surface area contributed by atoms with Crippen LogP contribution in [0.3, 0.4) is 0 Å². The lowest BCUT2D eigenvalue weighted by atomic mass is 10.1. The van der Waals surface area contributed by atoms with E-state index < -0.39 is 5.91 Å². The van der Waals surface area contributed by atoms with E-state index in [2.05, 4.69) is 10.6 Å². The Labute approximate surface area is 161 Å². The maximum absolute atomic E-state index is 12.3. The van der Waals surface area contributed by atoms with Crippen molar-refractivity contribution in [1.82, 2.24) is 10.6 Å². The highest BCUT2D eigenvalue weighted by atomic mass is 16.5. The van der Waals surface area contributed by atoms with Crippen LogP contribution in [0.2, 0.25) is 0 Å². The van der Waals surface area contributed by atoms with Gasteiger partial charge >= 0.3 is 0 Å². The van der Waals surface area contributed by atoms with Gasteiger partial charge in [-0.25, -0.2) is 0 Å². The maximum Gasteiger partial charge on any atom is 0.263 e. The van der Waals surface area contributed by atoms with Crippen molar-refractivity contribution < 1.29 is 19.0 Å². The van der Waals surface area contributed by atoms with Crippen LogP contribution in [-0.4, -0.2) is 39.4 Å². The summed E-state index contributed by atoms with van der Waals surface area (Å²) >= 11 is 0. The van der Waals surface area contributed by atoms with Crippen molar-refractivity contribution in [1.29, 1.82) is 5.26 Å². The van der Waals surface area contributed by atoms with Crippen molar-refractivity contribution >= 4 is 5.91 Å². The molecule has 0 spiro atoms. The highest BCUT2D eigenvalue weighted by molar-refractivity contribution is 5.97. The Morgan fingerprint density at radius 1 is 1.22 bits per heavy atom. The number of amides is 1. The molecular weight excluding hydrogens is 346 g/mol. The molecule has 27 heavy (non-hydrogen) atoms. The molecule has 1 amide bonds. The number of hydrogen-bond acceptors (Lipinski definition) is 6. The fraction of sp³-hybridized carbons (Fsp3) is 0.500. The zero-order valence-electron chi connectivity index (χ0n) is 16.7. The van der Waals surface area contributed by atoms with Crippen LogP contribution in [0.15, 0.2) is 30.0 Å². The van der Waals surface area contributed by atoms with Crippen LogP contribution in [0.25, 0.3) is 0 Å². The summed E-state index contributed by atoms with van der Waals surface area (Å²) < 4.78 is 15.9. The molecule has 0 fully saturated rings. The summed E-state index contributed by atoms with van der Waals surface area (Å²) in [6.45, 7) is 7.04. The topological polar surface area (TPSA) is 92.6 Å². The summed E-state index contributed by atoms with van der Waals surface area (Å²) in [5.74, 6) is 0.756. The van der Waals surface area contributed by atoms with Crippen LogP contribution in [0.4, 0.5) is 0 Å². The van der Waals surface area contributed by atoms with Crippen LogP contribution in [0, 0.1) is 11.3 Å². The number of benzene rings is 1. The van der Waals surface area contributed by atoms with E-state index in [9.17, 15) is 10.1 Å². The minimum Gasteiger partial charge on any atom is -0.493 e. The molecule has 0 heterocycles. The fourth-order valence-electron chi connectivity index (χ4n) is 2.30. The molecule has 1 rings (SSSR count). The third kappa shape index (κ3) is 7.59. The second-order valence-corrected chi connectivity index (χ2v) is 6.21. The average molecular weight is 375 g/mol. The monoisotopic (exact) mass is 375 g/mol. The van der Waals surface area contributed by atoms with Crippen LogP contribution in [0.1, 0.15) is 38.8 Å². The Bertz CT molecular complexity index is 680. The van der Waals surface area contributed by atoms with Gasteiger partial charge in [0.15, 0.2) is 11.5 Å². The predicted octanol–water partition coefficient (Wildman–Crippen LogP) is 2.69. The summed E-state index contributed by atoms with van der Waals surface area (Å²) in [6.07, 6.45) is 2.42. The Balaban J connectivity index is 2.61. The summed E-state index contributed by atoms with van der Waals surface area (Å²) in [7, 11) is 3.12. The first kappa shape index (κ1) is 22.3. The van der Waals surface area contributed by atoms with E-state index in [0.717, 1.165) is 12.0 Å². The van der Waals surface area contributed by atoms with Gasteiger partial charge in [0.05, 0.1) is 26.4 Å². The van der Waals surface area contributed by atoms with Crippen molar-refractivity contribution in [3.05, 3.63) is 35.5 Å². The van der Waals surface area contributed by atoms with Crippen molar-refractivity contribution in [2.45, 2.75) is 39.3 Å². The molecule has 148 valence electrons. The van der Waals surface area contributed by atoms with E-state index >= 15 is 0 Å². The minimum atomic E-state index is -0.439. The van der Waals surface area contributed by atoms with E-state index in [1.54, 1.807) is 26.4 Å². The number of nitriles is 1. The van der Waals surface area contributed by atoms with Crippen LogP contribution in [0.5, 0.6) is 11.5 Å². The molecule has 0 radical (unpaired) electrons. The molecule has 7 nitrogen and oxygen atoms in total. The molecule has 2 N–H and O–H groups in total. The zero-order valence-corrected chi connectivity index (χ0v) is 16.7. The quantitative estimate of drug-likeness (QED) is 0.351. The van der Waals surface area contributed by atoms with Crippen molar-refractivity contribution in [2.24, 2.45) is 0 Å². The van der Waals surface area contributed by atoms with Crippen LogP contribution < -0.4 is 20.1 Å². The summed E-state index contributed by atoms with van der Waals surface area (Å²) in [6, 6.07) is 7.04. The summed E-state index contributed by atoms with van der Waals surface area (Å²) in [5.41, 5.74) is 0.865. The fourth-order valence-corrected chi connectivity index (χ4v) is 2.30. The molecule has 1 aromatic rings. The Kier molecular flexibility index (Phi) is 9.76. The number of methoxy groups -OCH3 is 2. The van der Waals surface area contributed by atoms with Gasteiger partial charge in [-0.3, -0.25) is 4.79 Å². The third-order valence-electron chi connectivity index (χ3n) is 3.78. The Hall–Kier alpha value is -2.72. The second-order valence-electron chi connectivity index (χ2n) is 6.21. The molecule has 0 aliphatic rings. The third-order valence-corrected chi connectivity index (χ3v) is 3.78. The smallest absolute Gasteiger partial charge is 0.263 e. The largest absolute Gasteiger partial charge is 0.493 e. The molecule has 1 atom stereocenters. The number of carbonyl (C=O) groups is 1. The number of nitrogens with zero attached hydrogens (tertiary/aromatic N) is 1. The van der Waals surface area contributed by atoms with Crippen molar-refractivity contribution in [2.75, 3.05) is 27.4 Å². The van der Waals surface area contributed by atoms with E-state index in [0.29, 0.717) is 24.7 Å². The molecule has 1 unspecified atom stereocenters. The van der Waals surface area contributed by atoms with Crippen molar-refractivity contribution in [3.8, 4) is 17.6 Å². The molecule has 1 aromatic carbocycles. The molecule has 0 bridgehead atoms. The molecule has 0 aliphatic carbocycles. The molecule has 0 aromatic heterocycles. The highest BCUT2D eigenvalue weighted by Crippen LogP contribution is 2.29. The van der Waals surface area contributed by atoms with Gasteiger partial charge < -0.3 is 24.8 Å². The van der Waals surface area contributed by atoms with E-state index in [1.165, 1.54) is 6.20 Å². The average Bonchev–Trinajstić information content (AvgIpc) is 2.66. The molecule has 0 aliphatic heterocycles. The second kappa shape index (κ2) is 11.8.